The Kier molecular flexibility index (Phi) is 3.81. The quantitative estimate of drug-likeness (QED) is 0.645. The lowest BCUT2D eigenvalue weighted by Gasteiger charge is -2.08. The molecule has 0 aliphatic rings. The fourth-order valence-electron chi connectivity index (χ4n) is 2.12. The molecule has 2 nitrogen and oxygen atoms in total. The standard InChI is InChI=1S/C15H20N2S/c1-10(2)8-17-14-6-5-12(11(3)4)7-13(14)16-15(17)9-18/h5-7,11,18H,1,8-9H2,2-4H3. The first-order valence-corrected chi connectivity index (χ1v) is 6.90. The molecule has 0 saturated carbocycles. The molecule has 1 aromatic carbocycles. The second kappa shape index (κ2) is 5.19. The average Bonchev–Trinajstić information content (AvgIpc) is 2.65. The van der Waals surface area contributed by atoms with Crippen molar-refractivity contribution in [3.8, 4) is 0 Å². The van der Waals surface area contributed by atoms with Crippen molar-refractivity contribution >= 4 is 23.7 Å². The van der Waals surface area contributed by atoms with Crippen LogP contribution < -0.4 is 0 Å². The van der Waals surface area contributed by atoms with Gasteiger partial charge in [-0.3, -0.25) is 0 Å². The minimum Gasteiger partial charge on any atom is -0.323 e. The van der Waals surface area contributed by atoms with Crippen molar-refractivity contribution in [1.29, 1.82) is 0 Å². The van der Waals surface area contributed by atoms with Gasteiger partial charge in [-0.1, -0.05) is 32.1 Å². The molecule has 0 aliphatic heterocycles. The van der Waals surface area contributed by atoms with Gasteiger partial charge in [0.15, 0.2) is 0 Å². The van der Waals surface area contributed by atoms with Crippen LogP contribution in [0.15, 0.2) is 30.4 Å². The number of nitrogens with zero attached hydrogens (tertiary/aromatic N) is 2. The SMILES string of the molecule is C=C(C)Cn1c(CS)nc2cc(C(C)C)ccc21. The van der Waals surface area contributed by atoms with E-state index in [0.29, 0.717) is 11.7 Å². The molecule has 0 amide bonds. The molecule has 2 rings (SSSR count). The molecule has 2 aromatic rings. The Hall–Kier alpha value is -1.22. The summed E-state index contributed by atoms with van der Waals surface area (Å²) in [6, 6.07) is 6.53. The summed E-state index contributed by atoms with van der Waals surface area (Å²) in [5, 5.41) is 0. The molecule has 0 saturated heterocycles. The van der Waals surface area contributed by atoms with Gasteiger partial charge in [-0.2, -0.15) is 12.6 Å². The van der Waals surface area contributed by atoms with E-state index in [1.807, 2.05) is 6.92 Å². The number of fused-ring (bicyclic) bond motifs is 1. The minimum atomic E-state index is 0.528. The van der Waals surface area contributed by atoms with E-state index in [4.69, 9.17) is 0 Å². The molecule has 0 spiro atoms. The molecular formula is C15H20N2S. The molecule has 3 heteroatoms. The lowest BCUT2D eigenvalue weighted by Crippen LogP contribution is -2.02. The van der Waals surface area contributed by atoms with Gasteiger partial charge >= 0.3 is 0 Å². The summed E-state index contributed by atoms with van der Waals surface area (Å²) < 4.78 is 2.20. The third-order valence-electron chi connectivity index (χ3n) is 3.09. The normalized spacial score (nSPS) is 11.4. The van der Waals surface area contributed by atoms with Crippen LogP contribution in [0.5, 0.6) is 0 Å². The molecule has 0 unspecified atom stereocenters. The summed E-state index contributed by atoms with van der Waals surface area (Å²) in [5.74, 6) is 2.19. The van der Waals surface area contributed by atoms with Gasteiger partial charge in [-0.05, 0) is 30.5 Å². The molecule has 1 aromatic heterocycles. The van der Waals surface area contributed by atoms with Crippen molar-refractivity contribution in [2.24, 2.45) is 0 Å². The van der Waals surface area contributed by atoms with E-state index < -0.39 is 0 Å². The van der Waals surface area contributed by atoms with Crippen molar-refractivity contribution in [1.82, 2.24) is 9.55 Å². The van der Waals surface area contributed by atoms with Crippen LogP contribution >= 0.6 is 12.6 Å². The van der Waals surface area contributed by atoms with E-state index in [1.54, 1.807) is 0 Å². The highest BCUT2D eigenvalue weighted by atomic mass is 32.1. The molecule has 0 radical (unpaired) electrons. The lowest BCUT2D eigenvalue weighted by molar-refractivity contribution is 0.770. The largest absolute Gasteiger partial charge is 0.323 e. The maximum atomic E-state index is 4.67. The predicted octanol–water partition coefficient (Wildman–Crippen LogP) is 4.17. The van der Waals surface area contributed by atoms with Crippen LogP contribution in [0.1, 0.15) is 38.1 Å². The number of rotatable bonds is 4. The van der Waals surface area contributed by atoms with Crippen LogP contribution in [0.4, 0.5) is 0 Å². The number of hydrogen-bond acceptors (Lipinski definition) is 2. The maximum absolute atomic E-state index is 4.67. The Morgan fingerprint density at radius 3 is 2.72 bits per heavy atom. The van der Waals surface area contributed by atoms with E-state index in [1.165, 1.54) is 11.1 Å². The van der Waals surface area contributed by atoms with Gasteiger partial charge in [0.05, 0.1) is 11.0 Å². The van der Waals surface area contributed by atoms with Crippen molar-refractivity contribution in [2.75, 3.05) is 0 Å². The second-order valence-electron chi connectivity index (χ2n) is 5.13. The van der Waals surface area contributed by atoms with Crippen molar-refractivity contribution in [2.45, 2.75) is 39.0 Å². The topological polar surface area (TPSA) is 17.8 Å². The molecule has 0 fully saturated rings. The maximum Gasteiger partial charge on any atom is 0.119 e. The summed E-state index contributed by atoms with van der Waals surface area (Å²) in [5.41, 5.74) is 4.69. The van der Waals surface area contributed by atoms with Crippen molar-refractivity contribution in [3.63, 3.8) is 0 Å². The number of benzene rings is 1. The second-order valence-corrected chi connectivity index (χ2v) is 5.45. The first-order chi connectivity index (χ1) is 8.52. The molecule has 0 bridgehead atoms. The summed E-state index contributed by atoms with van der Waals surface area (Å²) >= 11 is 4.37. The molecule has 0 aliphatic carbocycles. The fourth-order valence-corrected chi connectivity index (χ4v) is 2.36. The number of thiol groups is 1. The molecule has 1 heterocycles. The highest BCUT2D eigenvalue weighted by Gasteiger charge is 2.11. The lowest BCUT2D eigenvalue weighted by atomic mass is 10.0. The zero-order valence-electron chi connectivity index (χ0n) is 11.3. The summed E-state index contributed by atoms with van der Waals surface area (Å²) in [4.78, 5) is 4.67. The molecule has 96 valence electrons. The Bertz CT molecular complexity index is 581. The highest BCUT2D eigenvalue weighted by molar-refractivity contribution is 7.79. The van der Waals surface area contributed by atoms with Gasteiger partial charge in [0, 0.05) is 12.3 Å². The zero-order chi connectivity index (χ0) is 13.3. The number of hydrogen-bond donors (Lipinski definition) is 1. The Labute approximate surface area is 114 Å². The summed E-state index contributed by atoms with van der Waals surface area (Å²) in [6.45, 7) is 11.2. The van der Waals surface area contributed by atoms with E-state index in [-0.39, 0.29) is 0 Å². The average molecular weight is 260 g/mol. The van der Waals surface area contributed by atoms with E-state index in [2.05, 4.69) is 60.8 Å². The van der Waals surface area contributed by atoms with Crippen LogP contribution in [0, 0.1) is 0 Å². The van der Waals surface area contributed by atoms with Crippen LogP contribution in [0.25, 0.3) is 11.0 Å². The Morgan fingerprint density at radius 2 is 2.17 bits per heavy atom. The summed E-state index contributed by atoms with van der Waals surface area (Å²) in [7, 11) is 0. The smallest absolute Gasteiger partial charge is 0.119 e. The third-order valence-corrected chi connectivity index (χ3v) is 3.37. The number of imidazole rings is 1. The predicted molar refractivity (Wildman–Crippen MR) is 81.3 cm³/mol. The first kappa shape index (κ1) is 13.2. The first-order valence-electron chi connectivity index (χ1n) is 6.27. The van der Waals surface area contributed by atoms with E-state index in [0.717, 1.165) is 23.5 Å². The molecular weight excluding hydrogens is 240 g/mol. The van der Waals surface area contributed by atoms with Gasteiger partial charge in [0.25, 0.3) is 0 Å². The monoisotopic (exact) mass is 260 g/mol. The van der Waals surface area contributed by atoms with Crippen LogP contribution in [-0.2, 0) is 12.3 Å². The van der Waals surface area contributed by atoms with Crippen molar-refractivity contribution in [3.05, 3.63) is 41.7 Å². The Morgan fingerprint density at radius 1 is 1.44 bits per heavy atom. The van der Waals surface area contributed by atoms with Crippen LogP contribution in [0.3, 0.4) is 0 Å². The van der Waals surface area contributed by atoms with Gasteiger partial charge < -0.3 is 4.57 Å². The highest BCUT2D eigenvalue weighted by Crippen LogP contribution is 2.23. The molecule has 0 N–H and O–H groups in total. The number of aromatic nitrogens is 2. The van der Waals surface area contributed by atoms with Crippen LogP contribution in [0.2, 0.25) is 0 Å². The minimum absolute atomic E-state index is 0.528. The van der Waals surface area contributed by atoms with Crippen LogP contribution in [-0.4, -0.2) is 9.55 Å². The van der Waals surface area contributed by atoms with Gasteiger partial charge in [0.1, 0.15) is 5.82 Å². The third kappa shape index (κ3) is 2.46. The summed E-state index contributed by atoms with van der Waals surface area (Å²) in [6.07, 6.45) is 0. The van der Waals surface area contributed by atoms with E-state index >= 15 is 0 Å². The van der Waals surface area contributed by atoms with Gasteiger partial charge in [0.2, 0.25) is 0 Å². The van der Waals surface area contributed by atoms with E-state index in [9.17, 15) is 0 Å². The van der Waals surface area contributed by atoms with Gasteiger partial charge in [-0.15, -0.1) is 0 Å². The number of allylic oxidation sites excluding steroid dienone is 1. The van der Waals surface area contributed by atoms with Crippen molar-refractivity contribution < 1.29 is 0 Å². The molecule has 18 heavy (non-hydrogen) atoms. The zero-order valence-corrected chi connectivity index (χ0v) is 12.2. The Balaban J connectivity index is 2.58. The fraction of sp³-hybridized carbons (Fsp3) is 0.400. The van der Waals surface area contributed by atoms with Gasteiger partial charge in [-0.25, -0.2) is 4.98 Å². The molecule has 0 atom stereocenters.